The maximum atomic E-state index is 6.20. The first-order valence-corrected chi connectivity index (χ1v) is 8.19. The van der Waals surface area contributed by atoms with Crippen LogP contribution in [-0.2, 0) is 11.1 Å². The van der Waals surface area contributed by atoms with Crippen molar-refractivity contribution in [2.24, 2.45) is 21.7 Å². The molecule has 2 aromatic rings. The molecule has 0 unspecified atom stereocenters. The highest BCUT2D eigenvalue weighted by atomic mass is 15.1. The normalized spacial score (nSPS) is 12.8. The predicted octanol–water partition coefficient (Wildman–Crippen LogP) is 5.11. The van der Waals surface area contributed by atoms with Crippen LogP contribution in [-0.4, -0.2) is 0 Å². The van der Waals surface area contributed by atoms with E-state index in [-0.39, 0.29) is 0 Å². The Morgan fingerprint density at radius 2 is 0.958 bits per heavy atom. The number of nitrogens with two attached hydrogens (primary N) is 2. The Labute approximate surface area is 145 Å². The van der Waals surface area contributed by atoms with E-state index in [4.69, 9.17) is 11.5 Å². The molecule has 0 bridgehead atoms. The Balaban J connectivity index is 2.38. The minimum atomic E-state index is -0.406. The van der Waals surface area contributed by atoms with E-state index >= 15 is 0 Å². The molecule has 0 aromatic heterocycles. The molecule has 0 fully saturated rings. The molecular weight excluding hydrogens is 296 g/mol. The molecule has 0 radical (unpaired) electrons. The molecule has 0 heterocycles. The van der Waals surface area contributed by atoms with Crippen molar-refractivity contribution < 1.29 is 0 Å². The maximum absolute atomic E-state index is 6.20. The first-order chi connectivity index (χ1) is 10.9. The Morgan fingerprint density at radius 3 is 1.25 bits per heavy atom. The quantitative estimate of drug-likeness (QED) is 0.767. The van der Waals surface area contributed by atoms with E-state index in [9.17, 15) is 0 Å². The van der Waals surface area contributed by atoms with Gasteiger partial charge in [0, 0.05) is 11.1 Å². The summed E-state index contributed by atoms with van der Waals surface area (Å²) in [6, 6.07) is 12.1. The fraction of sp³-hybridized carbons (Fsp3) is 0.400. The van der Waals surface area contributed by atoms with Crippen LogP contribution in [0.25, 0.3) is 0 Å². The topological polar surface area (TPSA) is 76.8 Å². The Bertz CT molecular complexity index is 697. The van der Waals surface area contributed by atoms with Gasteiger partial charge in [0.1, 0.15) is 0 Å². The zero-order valence-electron chi connectivity index (χ0n) is 15.5. The molecule has 0 saturated carbocycles. The zero-order chi connectivity index (χ0) is 18.1. The lowest BCUT2D eigenvalue weighted by molar-refractivity contribution is 0.553. The highest BCUT2D eigenvalue weighted by molar-refractivity contribution is 5.48. The molecule has 4 heteroatoms. The minimum absolute atomic E-state index is 0.406. The summed E-state index contributed by atoms with van der Waals surface area (Å²) in [5.74, 6) is 0. The van der Waals surface area contributed by atoms with Gasteiger partial charge in [-0.05, 0) is 88.1 Å². The van der Waals surface area contributed by atoms with Gasteiger partial charge >= 0.3 is 0 Å². The van der Waals surface area contributed by atoms with Gasteiger partial charge in [-0.3, -0.25) is 0 Å². The summed E-state index contributed by atoms with van der Waals surface area (Å²) >= 11 is 0. The van der Waals surface area contributed by atoms with Gasteiger partial charge in [0.15, 0.2) is 0 Å². The van der Waals surface area contributed by atoms with Crippen LogP contribution >= 0.6 is 0 Å². The number of hydrogen-bond acceptors (Lipinski definition) is 4. The van der Waals surface area contributed by atoms with Crippen molar-refractivity contribution in [3.8, 4) is 0 Å². The van der Waals surface area contributed by atoms with Gasteiger partial charge in [-0.25, -0.2) is 0 Å². The van der Waals surface area contributed by atoms with Gasteiger partial charge in [0.05, 0.1) is 11.4 Å². The SMILES string of the molecule is Cc1cc(N=Nc2cc(C)cc(C(C)(C)N)c2)cc(C(C)(C)N)c1. The summed E-state index contributed by atoms with van der Waals surface area (Å²) in [5, 5.41) is 8.81. The molecule has 0 aliphatic carbocycles. The molecule has 4 nitrogen and oxygen atoms in total. The minimum Gasteiger partial charge on any atom is -0.322 e. The first kappa shape index (κ1) is 18.3. The van der Waals surface area contributed by atoms with Crippen LogP contribution in [0.3, 0.4) is 0 Å². The number of rotatable bonds is 4. The molecule has 2 aromatic carbocycles. The Kier molecular flexibility index (Phi) is 4.92. The molecule has 0 atom stereocenters. The summed E-state index contributed by atoms with van der Waals surface area (Å²) in [6.07, 6.45) is 0. The van der Waals surface area contributed by atoms with Crippen LogP contribution in [0.1, 0.15) is 49.9 Å². The average Bonchev–Trinajstić information content (AvgIpc) is 2.42. The second-order valence-electron chi connectivity index (χ2n) is 7.76. The molecular formula is C20H28N4. The van der Waals surface area contributed by atoms with Gasteiger partial charge in [-0.1, -0.05) is 12.1 Å². The third-order valence-electron chi connectivity index (χ3n) is 3.89. The predicted molar refractivity (Wildman–Crippen MR) is 101 cm³/mol. The second kappa shape index (κ2) is 6.46. The summed E-state index contributed by atoms with van der Waals surface area (Å²) in [6.45, 7) is 12.0. The molecule has 4 N–H and O–H groups in total. The van der Waals surface area contributed by atoms with Crippen LogP contribution in [0.2, 0.25) is 0 Å². The van der Waals surface area contributed by atoms with Crippen molar-refractivity contribution in [2.45, 2.75) is 52.6 Å². The van der Waals surface area contributed by atoms with E-state index in [1.807, 2.05) is 65.8 Å². The van der Waals surface area contributed by atoms with Gasteiger partial charge < -0.3 is 11.5 Å². The Morgan fingerprint density at radius 1 is 0.625 bits per heavy atom. The zero-order valence-corrected chi connectivity index (χ0v) is 15.5. The maximum Gasteiger partial charge on any atom is 0.0863 e. The monoisotopic (exact) mass is 324 g/mol. The first-order valence-electron chi connectivity index (χ1n) is 8.19. The standard InChI is InChI=1S/C20H28N4/c1-13-7-15(19(3,4)21)11-17(9-13)23-24-18-10-14(2)8-16(12-18)20(5,6)22/h7-12H,21-22H2,1-6H3. The summed E-state index contributed by atoms with van der Waals surface area (Å²) in [7, 11) is 0. The molecule has 0 amide bonds. The van der Waals surface area contributed by atoms with E-state index in [1.54, 1.807) is 0 Å². The van der Waals surface area contributed by atoms with Gasteiger partial charge in [-0.2, -0.15) is 10.2 Å². The lowest BCUT2D eigenvalue weighted by Gasteiger charge is -2.20. The van der Waals surface area contributed by atoms with E-state index in [1.165, 1.54) is 0 Å². The summed E-state index contributed by atoms with van der Waals surface area (Å²) in [5.41, 5.74) is 17.5. The third-order valence-corrected chi connectivity index (χ3v) is 3.89. The van der Waals surface area contributed by atoms with Crippen LogP contribution in [0.15, 0.2) is 46.6 Å². The van der Waals surface area contributed by atoms with E-state index in [0.29, 0.717) is 0 Å². The highest BCUT2D eigenvalue weighted by Crippen LogP contribution is 2.28. The van der Waals surface area contributed by atoms with Crippen molar-refractivity contribution >= 4 is 11.4 Å². The fourth-order valence-corrected chi connectivity index (χ4v) is 2.50. The van der Waals surface area contributed by atoms with Gasteiger partial charge in [-0.15, -0.1) is 0 Å². The van der Waals surface area contributed by atoms with E-state index < -0.39 is 11.1 Å². The van der Waals surface area contributed by atoms with Gasteiger partial charge in [0.2, 0.25) is 0 Å². The van der Waals surface area contributed by atoms with Crippen molar-refractivity contribution in [2.75, 3.05) is 0 Å². The van der Waals surface area contributed by atoms with Crippen LogP contribution < -0.4 is 11.5 Å². The molecule has 24 heavy (non-hydrogen) atoms. The number of hydrogen-bond donors (Lipinski definition) is 2. The molecule has 0 spiro atoms. The van der Waals surface area contributed by atoms with Crippen LogP contribution in [0, 0.1) is 13.8 Å². The van der Waals surface area contributed by atoms with Crippen molar-refractivity contribution in [3.05, 3.63) is 58.7 Å². The van der Waals surface area contributed by atoms with E-state index in [2.05, 4.69) is 22.4 Å². The largest absolute Gasteiger partial charge is 0.322 e. The summed E-state index contributed by atoms with van der Waals surface area (Å²) in [4.78, 5) is 0. The molecule has 0 aliphatic heterocycles. The molecule has 0 saturated heterocycles. The molecule has 2 rings (SSSR count). The average molecular weight is 324 g/mol. The number of aryl methyl sites for hydroxylation is 2. The highest BCUT2D eigenvalue weighted by Gasteiger charge is 2.16. The number of nitrogens with zero attached hydrogens (tertiary/aromatic N) is 2. The van der Waals surface area contributed by atoms with Gasteiger partial charge in [0.25, 0.3) is 0 Å². The van der Waals surface area contributed by atoms with Crippen molar-refractivity contribution in [1.82, 2.24) is 0 Å². The lowest BCUT2D eigenvalue weighted by Crippen LogP contribution is -2.28. The molecule has 0 aliphatic rings. The van der Waals surface area contributed by atoms with Crippen molar-refractivity contribution in [1.29, 1.82) is 0 Å². The second-order valence-corrected chi connectivity index (χ2v) is 7.76. The number of benzene rings is 2. The molecule has 128 valence electrons. The number of azo groups is 1. The Hall–Kier alpha value is -2.04. The smallest absolute Gasteiger partial charge is 0.0863 e. The fourth-order valence-electron chi connectivity index (χ4n) is 2.50. The van der Waals surface area contributed by atoms with E-state index in [0.717, 1.165) is 33.6 Å². The van der Waals surface area contributed by atoms with Crippen molar-refractivity contribution in [3.63, 3.8) is 0 Å². The third kappa shape index (κ3) is 4.73. The van der Waals surface area contributed by atoms with Crippen LogP contribution in [0.5, 0.6) is 0 Å². The lowest BCUT2D eigenvalue weighted by atomic mass is 9.93. The van der Waals surface area contributed by atoms with Crippen LogP contribution in [0.4, 0.5) is 11.4 Å². The summed E-state index contributed by atoms with van der Waals surface area (Å²) < 4.78 is 0.